The van der Waals surface area contributed by atoms with E-state index < -0.39 is 15.9 Å². The molecule has 0 unspecified atom stereocenters. The van der Waals surface area contributed by atoms with Crippen molar-refractivity contribution in [2.24, 2.45) is 0 Å². The number of amides is 1. The number of hydrogen-bond donors (Lipinski definition) is 2. The van der Waals surface area contributed by atoms with Gasteiger partial charge in [-0.3, -0.25) is 14.2 Å². The summed E-state index contributed by atoms with van der Waals surface area (Å²) in [6, 6.07) is 10.3. The summed E-state index contributed by atoms with van der Waals surface area (Å²) >= 11 is 0. The van der Waals surface area contributed by atoms with Crippen molar-refractivity contribution < 1.29 is 17.8 Å². The first-order valence-electron chi connectivity index (χ1n) is 7.43. The minimum atomic E-state index is -4.07. The molecule has 1 heterocycles. The molecule has 0 bridgehead atoms. The third-order valence-electron chi connectivity index (χ3n) is 3.79. The van der Waals surface area contributed by atoms with E-state index in [-0.39, 0.29) is 18.4 Å². The molecule has 0 atom stereocenters. The van der Waals surface area contributed by atoms with Gasteiger partial charge in [0.1, 0.15) is 0 Å². The van der Waals surface area contributed by atoms with E-state index in [4.69, 9.17) is 4.55 Å². The molecule has 122 valence electrons. The van der Waals surface area contributed by atoms with Crippen LogP contribution in [0.1, 0.15) is 24.8 Å². The molecule has 1 fully saturated rings. The quantitative estimate of drug-likeness (QED) is 0.763. The van der Waals surface area contributed by atoms with Crippen molar-refractivity contribution in [2.75, 3.05) is 18.8 Å². The lowest BCUT2D eigenvalue weighted by atomic mass is 10.0. The SMILES string of the molecule is O=C(CCS(=O)(=O)O)NC1CCN(Cc2ccccc2)CC1. The Bertz CT molecular complexity index is 581. The average Bonchev–Trinajstić information content (AvgIpc) is 2.48. The molecule has 22 heavy (non-hydrogen) atoms. The Morgan fingerprint density at radius 3 is 2.45 bits per heavy atom. The van der Waals surface area contributed by atoms with E-state index in [9.17, 15) is 13.2 Å². The molecule has 1 amide bonds. The molecule has 1 saturated heterocycles. The molecule has 6 nitrogen and oxygen atoms in total. The minimum absolute atomic E-state index is 0.0842. The molecular weight excluding hydrogens is 304 g/mol. The Morgan fingerprint density at radius 1 is 1.23 bits per heavy atom. The van der Waals surface area contributed by atoms with Crippen molar-refractivity contribution in [3.05, 3.63) is 35.9 Å². The van der Waals surface area contributed by atoms with E-state index in [1.54, 1.807) is 0 Å². The minimum Gasteiger partial charge on any atom is -0.353 e. The number of likely N-dealkylation sites (tertiary alicyclic amines) is 1. The van der Waals surface area contributed by atoms with Gasteiger partial charge in [0, 0.05) is 32.1 Å². The molecule has 7 heteroatoms. The van der Waals surface area contributed by atoms with Gasteiger partial charge in [0.15, 0.2) is 0 Å². The van der Waals surface area contributed by atoms with Gasteiger partial charge in [-0.15, -0.1) is 0 Å². The van der Waals surface area contributed by atoms with Crippen molar-refractivity contribution in [3.63, 3.8) is 0 Å². The second-order valence-electron chi connectivity index (χ2n) is 5.64. The van der Waals surface area contributed by atoms with Gasteiger partial charge in [-0.05, 0) is 18.4 Å². The van der Waals surface area contributed by atoms with Gasteiger partial charge >= 0.3 is 0 Å². The highest BCUT2D eigenvalue weighted by atomic mass is 32.2. The number of benzene rings is 1. The fraction of sp³-hybridized carbons (Fsp3) is 0.533. The van der Waals surface area contributed by atoms with Crippen LogP contribution in [0.3, 0.4) is 0 Å². The van der Waals surface area contributed by atoms with Crippen LogP contribution < -0.4 is 5.32 Å². The normalized spacial score (nSPS) is 17.3. The second-order valence-corrected chi connectivity index (χ2v) is 7.21. The van der Waals surface area contributed by atoms with E-state index in [0.717, 1.165) is 32.5 Å². The van der Waals surface area contributed by atoms with Gasteiger partial charge in [-0.2, -0.15) is 8.42 Å². The molecule has 0 aromatic heterocycles. The zero-order chi connectivity index (χ0) is 16.0. The van der Waals surface area contributed by atoms with Crippen molar-refractivity contribution in [2.45, 2.75) is 31.8 Å². The van der Waals surface area contributed by atoms with Crippen LogP contribution in [0.15, 0.2) is 30.3 Å². The third-order valence-corrected chi connectivity index (χ3v) is 4.51. The van der Waals surface area contributed by atoms with Crippen LogP contribution in [0.4, 0.5) is 0 Å². The first-order valence-corrected chi connectivity index (χ1v) is 9.04. The summed E-state index contributed by atoms with van der Waals surface area (Å²) in [5.74, 6) is -0.842. The van der Waals surface area contributed by atoms with E-state index >= 15 is 0 Å². The summed E-state index contributed by atoms with van der Waals surface area (Å²) in [6.07, 6.45) is 1.51. The Labute approximate surface area is 131 Å². The van der Waals surface area contributed by atoms with Crippen LogP contribution in [-0.2, 0) is 21.5 Å². The Kier molecular flexibility index (Phi) is 5.93. The molecule has 2 rings (SSSR count). The van der Waals surface area contributed by atoms with Crippen LogP contribution in [0, 0.1) is 0 Å². The number of rotatable bonds is 6. The van der Waals surface area contributed by atoms with Crippen LogP contribution >= 0.6 is 0 Å². The largest absolute Gasteiger partial charge is 0.353 e. The Morgan fingerprint density at radius 2 is 1.86 bits per heavy atom. The van der Waals surface area contributed by atoms with Crippen LogP contribution in [0.25, 0.3) is 0 Å². The maximum absolute atomic E-state index is 11.6. The molecule has 1 aliphatic rings. The molecule has 0 saturated carbocycles. The lowest BCUT2D eigenvalue weighted by Gasteiger charge is -2.32. The molecule has 1 aromatic rings. The fourth-order valence-electron chi connectivity index (χ4n) is 2.60. The standard InChI is InChI=1S/C15H22N2O4S/c18-15(8-11-22(19,20)21)16-14-6-9-17(10-7-14)12-13-4-2-1-3-5-13/h1-5,14H,6-12H2,(H,16,18)(H,19,20,21). The second kappa shape index (κ2) is 7.71. The number of carbonyl (C=O) groups excluding carboxylic acids is 1. The highest BCUT2D eigenvalue weighted by molar-refractivity contribution is 7.85. The number of nitrogens with zero attached hydrogens (tertiary/aromatic N) is 1. The summed E-state index contributed by atoms with van der Waals surface area (Å²) in [4.78, 5) is 14.0. The summed E-state index contributed by atoms with van der Waals surface area (Å²) in [5.41, 5.74) is 1.28. The van der Waals surface area contributed by atoms with Gasteiger partial charge in [0.2, 0.25) is 5.91 Å². The van der Waals surface area contributed by atoms with E-state index in [0.29, 0.717) is 0 Å². The molecule has 0 spiro atoms. The molecule has 0 radical (unpaired) electrons. The van der Waals surface area contributed by atoms with Crippen molar-refractivity contribution in [1.82, 2.24) is 10.2 Å². The van der Waals surface area contributed by atoms with Crippen molar-refractivity contribution in [3.8, 4) is 0 Å². The summed E-state index contributed by atoms with van der Waals surface area (Å²) in [7, 11) is -4.07. The molecule has 1 aliphatic heterocycles. The number of carbonyl (C=O) groups is 1. The maximum Gasteiger partial charge on any atom is 0.265 e. The molecule has 0 aliphatic carbocycles. The predicted octanol–water partition coefficient (Wildman–Crippen LogP) is 1.05. The smallest absolute Gasteiger partial charge is 0.265 e. The maximum atomic E-state index is 11.6. The number of piperidine rings is 1. The highest BCUT2D eigenvalue weighted by Crippen LogP contribution is 2.14. The van der Waals surface area contributed by atoms with Crippen LogP contribution in [0.5, 0.6) is 0 Å². The van der Waals surface area contributed by atoms with Crippen molar-refractivity contribution in [1.29, 1.82) is 0 Å². The van der Waals surface area contributed by atoms with Gasteiger partial charge in [-0.1, -0.05) is 30.3 Å². The molecule has 2 N–H and O–H groups in total. The zero-order valence-corrected chi connectivity index (χ0v) is 13.3. The van der Waals surface area contributed by atoms with Gasteiger partial charge in [0.25, 0.3) is 10.1 Å². The monoisotopic (exact) mass is 326 g/mol. The highest BCUT2D eigenvalue weighted by Gasteiger charge is 2.21. The third kappa shape index (κ3) is 6.13. The summed E-state index contributed by atoms with van der Waals surface area (Å²) in [6.45, 7) is 2.71. The zero-order valence-electron chi connectivity index (χ0n) is 12.4. The van der Waals surface area contributed by atoms with E-state index in [1.165, 1.54) is 5.56 Å². The fourth-order valence-corrected chi connectivity index (χ4v) is 3.04. The van der Waals surface area contributed by atoms with Crippen LogP contribution in [-0.4, -0.2) is 48.7 Å². The summed E-state index contributed by atoms with van der Waals surface area (Å²) < 4.78 is 29.9. The average molecular weight is 326 g/mol. The van der Waals surface area contributed by atoms with E-state index in [2.05, 4.69) is 22.3 Å². The lowest BCUT2D eigenvalue weighted by molar-refractivity contribution is -0.121. The van der Waals surface area contributed by atoms with Crippen LogP contribution in [0.2, 0.25) is 0 Å². The van der Waals surface area contributed by atoms with E-state index in [1.807, 2.05) is 18.2 Å². The predicted molar refractivity (Wildman–Crippen MR) is 83.9 cm³/mol. The molecular formula is C15H22N2O4S. The number of hydrogen-bond acceptors (Lipinski definition) is 4. The molecule has 1 aromatic carbocycles. The number of nitrogens with one attached hydrogen (secondary N) is 1. The van der Waals surface area contributed by atoms with Gasteiger partial charge in [0.05, 0.1) is 5.75 Å². The first-order chi connectivity index (χ1) is 10.4. The lowest BCUT2D eigenvalue weighted by Crippen LogP contribution is -2.44. The Balaban J connectivity index is 1.70. The van der Waals surface area contributed by atoms with Gasteiger partial charge in [-0.25, -0.2) is 0 Å². The first kappa shape index (κ1) is 16.9. The van der Waals surface area contributed by atoms with Crippen molar-refractivity contribution >= 4 is 16.0 Å². The Hall–Kier alpha value is -1.44. The summed E-state index contributed by atoms with van der Waals surface area (Å²) in [5, 5.41) is 2.83. The topological polar surface area (TPSA) is 86.7 Å². The van der Waals surface area contributed by atoms with Gasteiger partial charge < -0.3 is 5.32 Å².